The predicted molar refractivity (Wildman–Crippen MR) is 82.5 cm³/mol. The van der Waals surface area contributed by atoms with Crippen molar-refractivity contribution in [2.75, 3.05) is 18.5 Å². The molecule has 138 valence electrons. The number of hydrogen-bond acceptors (Lipinski definition) is 5. The minimum atomic E-state index is -4.57. The first-order chi connectivity index (χ1) is 12.3. The summed E-state index contributed by atoms with van der Waals surface area (Å²) in [7, 11) is 0. The number of hydrogen-bond donors (Lipinski definition) is 2. The highest BCUT2D eigenvalue weighted by molar-refractivity contribution is 6.06. The Labute approximate surface area is 145 Å². The highest BCUT2D eigenvalue weighted by Gasteiger charge is 2.28. The van der Waals surface area contributed by atoms with E-state index in [2.05, 4.69) is 10.1 Å². The van der Waals surface area contributed by atoms with Crippen LogP contribution in [0.4, 0.5) is 18.9 Å². The molecule has 0 atom stereocenters. The molecule has 2 aromatic rings. The fourth-order valence-corrected chi connectivity index (χ4v) is 1.82. The summed E-state index contributed by atoms with van der Waals surface area (Å²) in [4.78, 5) is 35.3. The molecule has 2 amide bonds. The highest BCUT2D eigenvalue weighted by atomic mass is 19.4. The van der Waals surface area contributed by atoms with Crippen molar-refractivity contribution in [2.24, 2.45) is 0 Å². The van der Waals surface area contributed by atoms with E-state index in [0.717, 1.165) is 0 Å². The molecule has 0 fully saturated rings. The van der Waals surface area contributed by atoms with E-state index >= 15 is 0 Å². The zero-order valence-corrected chi connectivity index (χ0v) is 13.1. The van der Waals surface area contributed by atoms with Crippen LogP contribution < -0.4 is 10.6 Å². The quantitative estimate of drug-likeness (QED) is 0.761. The molecule has 0 saturated carbocycles. The largest absolute Gasteiger partial charge is 0.459 e. The normalized spacial score (nSPS) is 10.9. The van der Waals surface area contributed by atoms with Crippen LogP contribution >= 0.6 is 0 Å². The van der Waals surface area contributed by atoms with Gasteiger partial charge in [-0.25, -0.2) is 4.79 Å². The summed E-state index contributed by atoms with van der Waals surface area (Å²) in [6.07, 6.45) is -3.27. The standard InChI is InChI=1S/C16H13F3N2O5/c17-16(18,19)9-20-13(22)8-26-15(24)10-4-1-2-5-11(10)21-14(23)12-6-3-7-25-12/h1-7H,8-9H2,(H,20,22)(H,21,23). The summed E-state index contributed by atoms with van der Waals surface area (Å²) in [6, 6.07) is 8.71. The lowest BCUT2D eigenvalue weighted by Gasteiger charge is -2.11. The van der Waals surface area contributed by atoms with Crippen LogP contribution in [0, 0.1) is 0 Å². The SMILES string of the molecule is O=C(COC(=O)c1ccccc1NC(=O)c1ccco1)NCC(F)(F)F. The lowest BCUT2D eigenvalue weighted by atomic mass is 10.1. The van der Waals surface area contributed by atoms with E-state index < -0.39 is 37.1 Å². The van der Waals surface area contributed by atoms with Crippen molar-refractivity contribution in [1.29, 1.82) is 0 Å². The maximum Gasteiger partial charge on any atom is 0.405 e. The molecule has 7 nitrogen and oxygen atoms in total. The third-order valence-electron chi connectivity index (χ3n) is 2.96. The first kappa shape index (κ1) is 19.0. The topological polar surface area (TPSA) is 97.6 Å². The molecule has 26 heavy (non-hydrogen) atoms. The minimum absolute atomic E-state index is 0.0136. The molecule has 10 heteroatoms. The summed E-state index contributed by atoms with van der Waals surface area (Å²) in [5.41, 5.74) is 0.0191. The maximum atomic E-state index is 12.0. The van der Waals surface area contributed by atoms with Crippen LogP contribution in [0.5, 0.6) is 0 Å². The predicted octanol–water partition coefficient (Wildman–Crippen LogP) is 2.37. The number of ether oxygens (including phenoxy) is 1. The summed E-state index contributed by atoms with van der Waals surface area (Å²) in [6.45, 7) is -2.42. The number of alkyl halides is 3. The van der Waals surface area contributed by atoms with Gasteiger partial charge < -0.3 is 19.8 Å². The van der Waals surface area contributed by atoms with E-state index in [-0.39, 0.29) is 17.0 Å². The Morgan fingerprint density at radius 2 is 1.81 bits per heavy atom. The highest BCUT2D eigenvalue weighted by Crippen LogP contribution is 2.17. The van der Waals surface area contributed by atoms with E-state index in [1.807, 2.05) is 0 Å². The zero-order valence-electron chi connectivity index (χ0n) is 13.1. The second kappa shape index (κ2) is 8.19. The van der Waals surface area contributed by atoms with Gasteiger partial charge in [-0.1, -0.05) is 12.1 Å². The lowest BCUT2D eigenvalue weighted by Crippen LogP contribution is -2.36. The molecule has 0 bridgehead atoms. The van der Waals surface area contributed by atoms with Crippen molar-refractivity contribution >= 4 is 23.5 Å². The Hall–Kier alpha value is -3.30. The number of benzene rings is 1. The van der Waals surface area contributed by atoms with Crippen LogP contribution in [-0.4, -0.2) is 37.1 Å². The van der Waals surface area contributed by atoms with Crippen molar-refractivity contribution < 1.29 is 36.7 Å². The molecule has 1 aromatic carbocycles. The Balaban J connectivity index is 1.96. The van der Waals surface area contributed by atoms with Gasteiger partial charge in [0.15, 0.2) is 12.4 Å². The van der Waals surface area contributed by atoms with Crippen LogP contribution in [0.1, 0.15) is 20.9 Å². The van der Waals surface area contributed by atoms with E-state index in [1.54, 1.807) is 11.4 Å². The van der Waals surface area contributed by atoms with Crippen molar-refractivity contribution in [2.45, 2.75) is 6.18 Å². The molecule has 0 aliphatic rings. The molecule has 1 heterocycles. The summed E-state index contributed by atoms with van der Waals surface area (Å²) >= 11 is 0. The van der Waals surface area contributed by atoms with E-state index in [0.29, 0.717) is 0 Å². The van der Waals surface area contributed by atoms with Gasteiger partial charge in [0.05, 0.1) is 17.5 Å². The van der Waals surface area contributed by atoms with Gasteiger partial charge in [-0.05, 0) is 24.3 Å². The molecule has 0 unspecified atom stereocenters. The third kappa shape index (κ3) is 5.65. The van der Waals surface area contributed by atoms with Gasteiger partial charge in [0.1, 0.15) is 6.54 Å². The van der Waals surface area contributed by atoms with Crippen LogP contribution in [0.15, 0.2) is 47.1 Å². The molecular formula is C16H13F3N2O5. The van der Waals surface area contributed by atoms with Gasteiger partial charge in [0, 0.05) is 0 Å². The van der Waals surface area contributed by atoms with E-state index in [9.17, 15) is 27.6 Å². The van der Waals surface area contributed by atoms with Crippen LogP contribution in [-0.2, 0) is 9.53 Å². The van der Waals surface area contributed by atoms with E-state index in [1.165, 1.54) is 36.6 Å². The fraction of sp³-hybridized carbons (Fsp3) is 0.188. The molecule has 0 radical (unpaired) electrons. The van der Waals surface area contributed by atoms with Gasteiger partial charge in [0.2, 0.25) is 0 Å². The molecule has 2 rings (SSSR count). The van der Waals surface area contributed by atoms with Gasteiger partial charge in [-0.15, -0.1) is 0 Å². The number of esters is 1. The average Bonchev–Trinajstić information content (AvgIpc) is 3.12. The number of rotatable bonds is 6. The number of carbonyl (C=O) groups is 3. The molecule has 0 spiro atoms. The van der Waals surface area contributed by atoms with Crippen LogP contribution in [0.25, 0.3) is 0 Å². The summed E-state index contributed by atoms with van der Waals surface area (Å²) in [5, 5.41) is 4.02. The Kier molecular flexibility index (Phi) is 5.99. The molecule has 2 N–H and O–H groups in total. The number of carbonyl (C=O) groups excluding carboxylic acids is 3. The lowest BCUT2D eigenvalue weighted by molar-refractivity contribution is -0.140. The minimum Gasteiger partial charge on any atom is -0.459 e. The van der Waals surface area contributed by atoms with E-state index in [4.69, 9.17) is 4.42 Å². The van der Waals surface area contributed by atoms with Crippen molar-refractivity contribution in [3.8, 4) is 0 Å². The summed E-state index contributed by atoms with van der Waals surface area (Å²) < 4.78 is 45.6. The number of nitrogens with one attached hydrogen (secondary N) is 2. The zero-order chi connectivity index (χ0) is 19.2. The van der Waals surface area contributed by atoms with Gasteiger partial charge in [0.25, 0.3) is 11.8 Å². The first-order valence-corrected chi connectivity index (χ1v) is 7.21. The van der Waals surface area contributed by atoms with Gasteiger partial charge in [-0.2, -0.15) is 13.2 Å². The second-order valence-corrected chi connectivity index (χ2v) is 4.95. The van der Waals surface area contributed by atoms with Crippen molar-refractivity contribution in [1.82, 2.24) is 5.32 Å². The molecule has 0 saturated heterocycles. The maximum absolute atomic E-state index is 12.0. The smallest absolute Gasteiger partial charge is 0.405 e. The fourth-order valence-electron chi connectivity index (χ4n) is 1.82. The van der Waals surface area contributed by atoms with Crippen LogP contribution in [0.2, 0.25) is 0 Å². The number of amides is 2. The van der Waals surface area contributed by atoms with Gasteiger partial charge in [-0.3, -0.25) is 9.59 Å². The molecule has 0 aliphatic heterocycles. The Morgan fingerprint density at radius 1 is 1.08 bits per heavy atom. The molecule has 0 aliphatic carbocycles. The van der Waals surface area contributed by atoms with Crippen molar-refractivity contribution in [3.63, 3.8) is 0 Å². The average molecular weight is 370 g/mol. The number of furan rings is 1. The molecule has 1 aromatic heterocycles. The summed E-state index contributed by atoms with van der Waals surface area (Å²) in [5.74, 6) is -2.69. The number of anilines is 1. The first-order valence-electron chi connectivity index (χ1n) is 7.21. The Morgan fingerprint density at radius 3 is 2.46 bits per heavy atom. The Bertz CT molecular complexity index is 787. The third-order valence-corrected chi connectivity index (χ3v) is 2.96. The monoisotopic (exact) mass is 370 g/mol. The molecular weight excluding hydrogens is 357 g/mol. The number of halogens is 3. The van der Waals surface area contributed by atoms with Gasteiger partial charge >= 0.3 is 12.1 Å². The number of para-hydroxylation sites is 1. The van der Waals surface area contributed by atoms with Crippen molar-refractivity contribution in [3.05, 3.63) is 54.0 Å². The van der Waals surface area contributed by atoms with Crippen LogP contribution in [0.3, 0.4) is 0 Å². The second-order valence-electron chi connectivity index (χ2n) is 4.95.